The van der Waals surface area contributed by atoms with E-state index in [-0.39, 0.29) is 10.0 Å². The van der Waals surface area contributed by atoms with E-state index in [1.54, 1.807) is 30.3 Å². The molecule has 0 aliphatic rings. The van der Waals surface area contributed by atoms with Gasteiger partial charge in [0.2, 0.25) is 0 Å². The first kappa shape index (κ1) is 14.1. The fourth-order valence-electron chi connectivity index (χ4n) is 1.51. The molecule has 0 unspecified atom stereocenters. The molecule has 100 valence electrons. The molecule has 0 atom stereocenters. The zero-order valence-electron chi connectivity index (χ0n) is 9.92. The van der Waals surface area contributed by atoms with Gasteiger partial charge in [-0.25, -0.2) is 4.98 Å². The first-order valence-electron chi connectivity index (χ1n) is 5.28. The average molecular weight is 317 g/mol. The van der Waals surface area contributed by atoms with Crippen molar-refractivity contribution in [1.29, 1.82) is 0 Å². The monoisotopic (exact) mass is 316 g/mol. The fraction of sp³-hybridized carbons (Fsp3) is 0.0833. The minimum Gasteiger partial charge on any atom is -0.267 e. The molecule has 1 aromatic heterocycles. The zero-order chi connectivity index (χ0) is 14.0. The van der Waals surface area contributed by atoms with Crippen molar-refractivity contribution in [3.63, 3.8) is 0 Å². The van der Waals surface area contributed by atoms with Crippen LogP contribution in [-0.2, 0) is 10.0 Å². The van der Waals surface area contributed by atoms with Crippen LogP contribution in [0.5, 0.6) is 0 Å². The van der Waals surface area contributed by atoms with Crippen molar-refractivity contribution in [2.45, 2.75) is 5.03 Å². The van der Waals surface area contributed by atoms with Crippen molar-refractivity contribution in [2.24, 2.45) is 0 Å². The summed E-state index contributed by atoms with van der Waals surface area (Å²) in [5, 5.41) is 0.432. The van der Waals surface area contributed by atoms with Crippen molar-refractivity contribution in [1.82, 2.24) is 4.98 Å². The number of hydrogen-bond donors (Lipinski definition) is 0. The summed E-state index contributed by atoms with van der Waals surface area (Å²) in [5.74, 6) is 0. The second-order valence-electron chi connectivity index (χ2n) is 3.71. The minimum atomic E-state index is -3.75. The first-order chi connectivity index (χ1) is 8.94. The third kappa shape index (κ3) is 2.68. The molecule has 1 heterocycles. The van der Waals surface area contributed by atoms with Gasteiger partial charge in [-0.1, -0.05) is 35.3 Å². The second-order valence-corrected chi connectivity index (χ2v) is 6.41. The zero-order valence-corrected chi connectivity index (χ0v) is 12.2. The lowest BCUT2D eigenvalue weighted by atomic mass is 10.3. The van der Waals surface area contributed by atoms with E-state index in [1.807, 2.05) is 0 Å². The van der Waals surface area contributed by atoms with E-state index in [0.717, 1.165) is 4.31 Å². The summed E-state index contributed by atoms with van der Waals surface area (Å²) >= 11 is 11.9. The van der Waals surface area contributed by atoms with E-state index in [4.69, 9.17) is 23.2 Å². The van der Waals surface area contributed by atoms with E-state index < -0.39 is 10.0 Å². The average Bonchev–Trinajstić information content (AvgIpc) is 2.42. The third-order valence-electron chi connectivity index (χ3n) is 2.53. The van der Waals surface area contributed by atoms with Gasteiger partial charge in [0.15, 0.2) is 5.03 Å². The molecule has 1 aromatic carbocycles. The fourth-order valence-corrected chi connectivity index (χ4v) is 3.11. The van der Waals surface area contributed by atoms with Crippen LogP contribution < -0.4 is 4.31 Å². The Morgan fingerprint density at radius 2 is 1.84 bits per heavy atom. The number of hydrogen-bond acceptors (Lipinski definition) is 3. The highest BCUT2D eigenvalue weighted by atomic mass is 35.5. The Labute approximate surface area is 121 Å². The Balaban J connectivity index is 2.50. The summed E-state index contributed by atoms with van der Waals surface area (Å²) in [7, 11) is -2.35. The molecule has 0 saturated heterocycles. The number of nitrogens with zero attached hydrogens (tertiary/aromatic N) is 2. The molecule has 0 aliphatic heterocycles. The van der Waals surface area contributed by atoms with Gasteiger partial charge in [-0.05, 0) is 24.3 Å². The molecule has 0 fully saturated rings. The van der Waals surface area contributed by atoms with Crippen LogP contribution >= 0.6 is 23.2 Å². The summed E-state index contributed by atoms with van der Waals surface area (Å²) in [6.07, 6.45) is 1.42. The molecule has 0 bridgehead atoms. The maximum Gasteiger partial charge on any atom is 0.281 e. The molecule has 2 rings (SSSR count). The Morgan fingerprint density at radius 1 is 1.11 bits per heavy atom. The lowest BCUT2D eigenvalue weighted by Crippen LogP contribution is -2.27. The maximum absolute atomic E-state index is 12.4. The predicted octanol–water partition coefficient (Wildman–Crippen LogP) is 3.21. The van der Waals surface area contributed by atoms with Crippen molar-refractivity contribution in [3.8, 4) is 0 Å². The van der Waals surface area contributed by atoms with Gasteiger partial charge >= 0.3 is 0 Å². The lowest BCUT2D eigenvalue weighted by molar-refractivity contribution is 0.590. The number of sulfonamides is 1. The van der Waals surface area contributed by atoms with Gasteiger partial charge in [-0.15, -0.1) is 0 Å². The predicted molar refractivity (Wildman–Crippen MR) is 76.3 cm³/mol. The van der Waals surface area contributed by atoms with E-state index in [1.165, 1.54) is 19.3 Å². The van der Waals surface area contributed by atoms with Crippen molar-refractivity contribution < 1.29 is 8.42 Å². The number of pyridine rings is 1. The summed E-state index contributed by atoms with van der Waals surface area (Å²) < 4.78 is 25.8. The van der Waals surface area contributed by atoms with E-state index >= 15 is 0 Å². The lowest BCUT2D eigenvalue weighted by Gasteiger charge is -2.20. The maximum atomic E-state index is 12.4. The quantitative estimate of drug-likeness (QED) is 0.873. The van der Waals surface area contributed by atoms with Gasteiger partial charge in [-0.3, -0.25) is 4.31 Å². The topological polar surface area (TPSA) is 50.3 Å². The highest BCUT2D eigenvalue weighted by Crippen LogP contribution is 2.33. The van der Waals surface area contributed by atoms with Crippen LogP contribution in [0.25, 0.3) is 0 Å². The van der Waals surface area contributed by atoms with Crippen molar-refractivity contribution >= 4 is 38.9 Å². The van der Waals surface area contributed by atoms with Crippen LogP contribution in [0.4, 0.5) is 5.69 Å². The van der Waals surface area contributed by atoms with Crippen LogP contribution in [0, 0.1) is 0 Å². The minimum absolute atomic E-state index is 0.0476. The highest BCUT2D eigenvalue weighted by molar-refractivity contribution is 7.92. The Kier molecular flexibility index (Phi) is 3.99. The van der Waals surface area contributed by atoms with Gasteiger partial charge in [0.25, 0.3) is 10.0 Å². The summed E-state index contributed by atoms with van der Waals surface area (Å²) in [5.41, 5.74) is 0.305. The Hall–Kier alpha value is -1.30. The van der Waals surface area contributed by atoms with Crippen LogP contribution in [0.1, 0.15) is 0 Å². The SMILES string of the molecule is CN(c1cccc(Cl)c1Cl)S(=O)(=O)c1ccccn1. The molecule has 7 heteroatoms. The van der Waals surface area contributed by atoms with E-state index in [0.29, 0.717) is 10.7 Å². The Morgan fingerprint density at radius 3 is 2.47 bits per heavy atom. The van der Waals surface area contributed by atoms with Gasteiger partial charge in [-0.2, -0.15) is 8.42 Å². The van der Waals surface area contributed by atoms with E-state index in [2.05, 4.69) is 4.98 Å². The molecule has 2 aromatic rings. The number of anilines is 1. The molecule has 0 N–H and O–H groups in total. The molecule has 0 spiro atoms. The molecule has 0 amide bonds. The van der Waals surface area contributed by atoms with Crippen molar-refractivity contribution in [3.05, 3.63) is 52.6 Å². The smallest absolute Gasteiger partial charge is 0.267 e. The Bertz CT molecular complexity index is 690. The second kappa shape index (κ2) is 5.36. The van der Waals surface area contributed by atoms with Crippen LogP contribution in [0.15, 0.2) is 47.6 Å². The highest BCUT2D eigenvalue weighted by Gasteiger charge is 2.24. The molecule has 0 radical (unpaired) electrons. The normalized spacial score (nSPS) is 11.3. The third-order valence-corrected chi connectivity index (χ3v) is 5.03. The standard InChI is InChI=1S/C12H10Cl2N2O2S/c1-16(10-6-4-5-9(13)12(10)14)19(17,18)11-7-2-3-8-15-11/h2-8H,1H3. The molecule has 0 saturated carbocycles. The van der Waals surface area contributed by atoms with Crippen LogP contribution in [-0.4, -0.2) is 20.4 Å². The number of aromatic nitrogens is 1. The number of rotatable bonds is 3. The molecule has 0 aliphatic carbocycles. The van der Waals surface area contributed by atoms with E-state index in [9.17, 15) is 8.42 Å². The van der Waals surface area contributed by atoms with Crippen LogP contribution in [0.3, 0.4) is 0 Å². The van der Waals surface area contributed by atoms with Gasteiger partial charge in [0, 0.05) is 13.2 Å². The molecule has 4 nitrogen and oxygen atoms in total. The summed E-state index contributed by atoms with van der Waals surface area (Å²) in [4.78, 5) is 3.84. The summed E-state index contributed by atoms with van der Waals surface area (Å²) in [6, 6.07) is 9.47. The van der Waals surface area contributed by atoms with Gasteiger partial charge < -0.3 is 0 Å². The number of halogens is 2. The molecular formula is C12H10Cl2N2O2S. The van der Waals surface area contributed by atoms with Gasteiger partial charge in [0.1, 0.15) is 0 Å². The van der Waals surface area contributed by atoms with Crippen molar-refractivity contribution in [2.75, 3.05) is 11.4 Å². The van der Waals surface area contributed by atoms with Crippen LogP contribution in [0.2, 0.25) is 10.0 Å². The number of benzene rings is 1. The molecule has 19 heavy (non-hydrogen) atoms. The summed E-state index contributed by atoms with van der Waals surface area (Å²) in [6.45, 7) is 0. The largest absolute Gasteiger partial charge is 0.281 e. The van der Waals surface area contributed by atoms with Gasteiger partial charge in [0.05, 0.1) is 15.7 Å². The molecular weight excluding hydrogens is 307 g/mol. The first-order valence-corrected chi connectivity index (χ1v) is 7.48.